The van der Waals surface area contributed by atoms with Gasteiger partial charge in [-0.05, 0) is 24.7 Å². The van der Waals surface area contributed by atoms with Crippen molar-refractivity contribution in [3.63, 3.8) is 0 Å². The van der Waals surface area contributed by atoms with Crippen LogP contribution in [0.4, 0.5) is 5.82 Å². The lowest BCUT2D eigenvalue weighted by Gasteiger charge is -2.28. The van der Waals surface area contributed by atoms with Gasteiger partial charge >= 0.3 is 0 Å². The van der Waals surface area contributed by atoms with E-state index in [0.717, 1.165) is 17.9 Å². The van der Waals surface area contributed by atoms with E-state index < -0.39 is 0 Å². The second-order valence-electron chi connectivity index (χ2n) is 5.33. The zero-order chi connectivity index (χ0) is 11.6. The third-order valence-electron chi connectivity index (χ3n) is 3.67. The minimum atomic E-state index is 0.386. The van der Waals surface area contributed by atoms with Gasteiger partial charge in [0.15, 0.2) is 0 Å². The van der Waals surface area contributed by atoms with Crippen LogP contribution in [0.2, 0.25) is 0 Å². The maximum atomic E-state index is 4.29. The van der Waals surface area contributed by atoms with Gasteiger partial charge in [-0.15, -0.1) is 0 Å². The first kappa shape index (κ1) is 11.4. The molecule has 0 bridgehead atoms. The summed E-state index contributed by atoms with van der Waals surface area (Å²) < 4.78 is 0. The third kappa shape index (κ3) is 2.34. The fourth-order valence-corrected chi connectivity index (χ4v) is 2.44. The van der Waals surface area contributed by atoms with Gasteiger partial charge < -0.3 is 5.32 Å². The maximum absolute atomic E-state index is 4.29. The predicted octanol–water partition coefficient (Wildman–Crippen LogP) is 3.03. The smallest absolute Gasteiger partial charge is 0.129 e. The van der Waals surface area contributed by atoms with Gasteiger partial charge in [-0.3, -0.25) is 0 Å². The van der Waals surface area contributed by atoms with Crippen molar-refractivity contribution in [2.45, 2.75) is 52.5 Å². The highest BCUT2D eigenvalue weighted by Crippen LogP contribution is 2.38. The monoisotopic (exact) mass is 219 g/mol. The molecule has 16 heavy (non-hydrogen) atoms. The highest BCUT2D eigenvalue weighted by atomic mass is 15.0. The van der Waals surface area contributed by atoms with Crippen molar-refractivity contribution in [1.29, 1.82) is 0 Å². The molecule has 1 atom stereocenters. The molecular formula is C13H21N3. The van der Waals surface area contributed by atoms with Gasteiger partial charge in [0.25, 0.3) is 0 Å². The molecule has 0 radical (unpaired) electrons. The zero-order valence-electron chi connectivity index (χ0n) is 10.5. The van der Waals surface area contributed by atoms with Crippen LogP contribution in [0.25, 0.3) is 0 Å². The molecular weight excluding hydrogens is 198 g/mol. The van der Waals surface area contributed by atoms with Crippen molar-refractivity contribution in [2.75, 3.05) is 5.32 Å². The molecule has 1 aromatic rings. The van der Waals surface area contributed by atoms with Gasteiger partial charge in [0.05, 0.1) is 0 Å². The van der Waals surface area contributed by atoms with Crippen LogP contribution in [0.3, 0.4) is 0 Å². The van der Waals surface area contributed by atoms with E-state index in [0.29, 0.717) is 11.5 Å². The Hall–Kier alpha value is -1.12. The molecule has 1 fully saturated rings. The molecule has 1 aromatic heterocycles. The summed E-state index contributed by atoms with van der Waals surface area (Å²) in [5.41, 5.74) is 1.49. The van der Waals surface area contributed by atoms with E-state index in [-0.39, 0.29) is 0 Å². The molecule has 0 aromatic carbocycles. The van der Waals surface area contributed by atoms with E-state index in [1.165, 1.54) is 19.3 Å². The fraction of sp³-hybridized carbons (Fsp3) is 0.692. The molecule has 0 aliphatic heterocycles. The summed E-state index contributed by atoms with van der Waals surface area (Å²) in [6.45, 7) is 6.78. The minimum Gasteiger partial charge on any atom is -0.367 e. The van der Waals surface area contributed by atoms with Crippen molar-refractivity contribution in [3.05, 3.63) is 18.1 Å². The molecule has 2 rings (SSSR count). The third-order valence-corrected chi connectivity index (χ3v) is 3.67. The van der Waals surface area contributed by atoms with Crippen LogP contribution in [0.1, 0.15) is 45.7 Å². The lowest BCUT2D eigenvalue weighted by atomic mass is 9.87. The first-order chi connectivity index (χ1) is 7.62. The lowest BCUT2D eigenvalue weighted by Crippen LogP contribution is -2.31. The second kappa shape index (κ2) is 4.40. The van der Waals surface area contributed by atoms with Crippen LogP contribution < -0.4 is 5.32 Å². The summed E-state index contributed by atoms with van der Waals surface area (Å²) >= 11 is 0. The standard InChI is InChI=1S/C13H21N3/c1-4-10-8-12(15-9-14-10)16-11-6-5-7-13(11,2)3/h8-9,11H,4-7H2,1-3H3,(H,14,15,16). The van der Waals surface area contributed by atoms with E-state index >= 15 is 0 Å². The van der Waals surface area contributed by atoms with Crippen LogP contribution in [0.15, 0.2) is 12.4 Å². The van der Waals surface area contributed by atoms with E-state index in [4.69, 9.17) is 0 Å². The minimum absolute atomic E-state index is 0.386. The Morgan fingerprint density at radius 3 is 2.88 bits per heavy atom. The molecule has 1 heterocycles. The number of hydrogen-bond donors (Lipinski definition) is 1. The molecule has 0 amide bonds. The number of nitrogens with one attached hydrogen (secondary N) is 1. The largest absolute Gasteiger partial charge is 0.367 e. The van der Waals surface area contributed by atoms with Gasteiger partial charge in [0, 0.05) is 17.8 Å². The summed E-state index contributed by atoms with van der Waals surface area (Å²) in [6, 6.07) is 2.61. The molecule has 1 aliphatic rings. The van der Waals surface area contributed by atoms with Gasteiger partial charge in [-0.1, -0.05) is 27.2 Å². The number of hydrogen-bond acceptors (Lipinski definition) is 3. The molecule has 3 nitrogen and oxygen atoms in total. The number of anilines is 1. The van der Waals surface area contributed by atoms with E-state index in [2.05, 4.69) is 42.1 Å². The van der Waals surface area contributed by atoms with Crippen molar-refractivity contribution in [2.24, 2.45) is 5.41 Å². The van der Waals surface area contributed by atoms with Crippen molar-refractivity contribution >= 4 is 5.82 Å². The zero-order valence-corrected chi connectivity index (χ0v) is 10.5. The predicted molar refractivity (Wildman–Crippen MR) is 66.5 cm³/mol. The topological polar surface area (TPSA) is 37.8 Å². The lowest BCUT2D eigenvalue weighted by molar-refractivity contribution is 0.349. The van der Waals surface area contributed by atoms with Crippen LogP contribution in [0, 0.1) is 5.41 Å². The average Bonchev–Trinajstić information content (AvgIpc) is 2.59. The molecule has 1 aliphatic carbocycles. The van der Waals surface area contributed by atoms with Gasteiger partial charge in [-0.25, -0.2) is 9.97 Å². The maximum Gasteiger partial charge on any atom is 0.129 e. The number of nitrogens with zero attached hydrogens (tertiary/aromatic N) is 2. The molecule has 3 heteroatoms. The van der Waals surface area contributed by atoms with Crippen molar-refractivity contribution in [3.8, 4) is 0 Å². The van der Waals surface area contributed by atoms with E-state index in [9.17, 15) is 0 Å². The quantitative estimate of drug-likeness (QED) is 0.849. The highest BCUT2D eigenvalue weighted by Gasteiger charge is 2.34. The first-order valence-electron chi connectivity index (χ1n) is 6.19. The van der Waals surface area contributed by atoms with Crippen LogP contribution in [-0.2, 0) is 6.42 Å². The summed E-state index contributed by atoms with van der Waals surface area (Å²) in [7, 11) is 0. The number of aryl methyl sites for hydroxylation is 1. The molecule has 88 valence electrons. The summed E-state index contributed by atoms with van der Waals surface area (Å²) in [4.78, 5) is 8.51. The summed E-state index contributed by atoms with van der Waals surface area (Å²) in [6.07, 6.45) is 6.49. The van der Waals surface area contributed by atoms with Gasteiger partial charge in [-0.2, -0.15) is 0 Å². The Balaban J connectivity index is 2.08. The van der Waals surface area contributed by atoms with E-state index in [1.54, 1.807) is 6.33 Å². The van der Waals surface area contributed by atoms with Crippen molar-refractivity contribution in [1.82, 2.24) is 9.97 Å². The van der Waals surface area contributed by atoms with Crippen molar-refractivity contribution < 1.29 is 0 Å². The van der Waals surface area contributed by atoms with E-state index in [1.807, 2.05) is 0 Å². The highest BCUT2D eigenvalue weighted by molar-refractivity contribution is 5.37. The molecule has 1 saturated carbocycles. The summed E-state index contributed by atoms with van der Waals surface area (Å²) in [5, 5.41) is 3.55. The molecule has 0 saturated heterocycles. The Kier molecular flexibility index (Phi) is 3.13. The number of rotatable bonds is 3. The normalized spacial score (nSPS) is 23.3. The van der Waals surface area contributed by atoms with Gasteiger partial charge in [0.2, 0.25) is 0 Å². The van der Waals surface area contributed by atoms with Crippen LogP contribution in [0.5, 0.6) is 0 Å². The molecule has 0 spiro atoms. The first-order valence-corrected chi connectivity index (χ1v) is 6.19. The Labute approximate surface area is 97.7 Å². The average molecular weight is 219 g/mol. The number of aromatic nitrogens is 2. The van der Waals surface area contributed by atoms with Crippen LogP contribution >= 0.6 is 0 Å². The summed E-state index contributed by atoms with van der Waals surface area (Å²) in [5.74, 6) is 0.979. The van der Waals surface area contributed by atoms with Gasteiger partial charge in [0.1, 0.15) is 12.1 Å². The SMILES string of the molecule is CCc1cc(NC2CCCC2(C)C)ncn1. The Morgan fingerprint density at radius 2 is 2.25 bits per heavy atom. The fourth-order valence-electron chi connectivity index (χ4n) is 2.44. The Bertz CT molecular complexity index is 360. The molecule has 1 unspecified atom stereocenters. The molecule has 1 N–H and O–H groups in total. The Morgan fingerprint density at radius 1 is 1.44 bits per heavy atom. The second-order valence-corrected chi connectivity index (χ2v) is 5.33. The van der Waals surface area contributed by atoms with Crippen LogP contribution in [-0.4, -0.2) is 16.0 Å².